The predicted octanol–water partition coefficient (Wildman–Crippen LogP) is 3.72. The molecule has 19 heavy (non-hydrogen) atoms. The maximum atomic E-state index is 10.1. The molecule has 3 heteroatoms. The molecule has 0 bridgehead atoms. The van der Waals surface area contributed by atoms with Gasteiger partial charge in [-0.1, -0.05) is 18.2 Å². The van der Waals surface area contributed by atoms with Crippen molar-refractivity contribution < 1.29 is 5.11 Å². The average molecular weight is 268 g/mol. The maximum absolute atomic E-state index is 10.1. The lowest BCUT2D eigenvalue weighted by Crippen LogP contribution is -1.96. The van der Waals surface area contributed by atoms with E-state index in [4.69, 9.17) is 5.26 Å². The number of hydrogen-bond acceptors (Lipinski definition) is 2. The van der Waals surface area contributed by atoms with Crippen molar-refractivity contribution in [3.8, 4) is 6.07 Å². The summed E-state index contributed by atoms with van der Waals surface area (Å²) in [5, 5.41) is 20.7. The van der Waals surface area contributed by atoms with Crippen LogP contribution in [0.3, 0.4) is 0 Å². The van der Waals surface area contributed by atoms with E-state index in [1.165, 1.54) is 4.90 Å². The van der Waals surface area contributed by atoms with Crippen LogP contribution in [0.2, 0.25) is 0 Å². The number of benzene rings is 2. The van der Waals surface area contributed by atoms with Crippen LogP contribution in [0, 0.1) is 11.3 Å². The van der Waals surface area contributed by atoms with Crippen molar-refractivity contribution in [1.82, 2.24) is 0 Å². The molecule has 0 heterocycles. The first kappa shape index (κ1) is 13.3. The molecule has 2 nitrogen and oxygen atoms in total. The number of nitriles is 1. The Labute approximate surface area is 116 Å². The van der Waals surface area contributed by atoms with Crippen molar-refractivity contribution in [3.05, 3.63) is 71.1 Å². The number of rotatable bonds is 3. The molecule has 0 saturated heterocycles. The molecule has 2 aromatic rings. The lowest BCUT2D eigenvalue weighted by atomic mass is 10.1. The van der Waals surface area contributed by atoms with Crippen molar-refractivity contribution >= 4 is 16.7 Å². The Morgan fingerprint density at radius 2 is 1.74 bits per heavy atom. The normalized spacial score (nSPS) is 12.7. The van der Waals surface area contributed by atoms with E-state index in [1.807, 2.05) is 35.7 Å². The Morgan fingerprint density at radius 3 is 2.32 bits per heavy atom. The van der Waals surface area contributed by atoms with E-state index in [9.17, 15) is 5.11 Å². The van der Waals surface area contributed by atoms with Gasteiger partial charge in [0.15, 0.2) is 16.1 Å². The van der Waals surface area contributed by atoms with E-state index in [0.717, 1.165) is 5.56 Å². The van der Waals surface area contributed by atoms with Gasteiger partial charge in [-0.2, -0.15) is 5.26 Å². The van der Waals surface area contributed by atoms with Gasteiger partial charge in [0.2, 0.25) is 0 Å². The summed E-state index contributed by atoms with van der Waals surface area (Å²) in [4.78, 5) is 1.18. The monoisotopic (exact) mass is 268 g/mol. The van der Waals surface area contributed by atoms with Crippen LogP contribution < -0.4 is 0 Å². The van der Waals surface area contributed by atoms with Gasteiger partial charge in [-0.15, -0.1) is 0 Å². The zero-order valence-corrected chi connectivity index (χ0v) is 11.4. The minimum atomic E-state index is -0.148. The molecule has 2 aromatic carbocycles. The van der Waals surface area contributed by atoms with E-state index in [0.29, 0.717) is 5.56 Å². The molecule has 0 radical (unpaired) electrons. The van der Waals surface area contributed by atoms with E-state index < -0.39 is 0 Å². The third-order valence-electron chi connectivity index (χ3n) is 2.71. The van der Waals surface area contributed by atoms with Gasteiger partial charge in [0.25, 0.3) is 0 Å². The fourth-order valence-electron chi connectivity index (χ4n) is 1.65. The first-order valence-corrected chi connectivity index (χ1v) is 7.51. The summed E-state index contributed by atoms with van der Waals surface area (Å²) in [6.45, 7) is 0. The Kier molecular flexibility index (Phi) is 4.27. The summed E-state index contributed by atoms with van der Waals surface area (Å²) in [5.74, 6) is 0.249. The van der Waals surface area contributed by atoms with E-state index in [-0.39, 0.29) is 16.7 Å². The zero-order chi connectivity index (χ0) is 13.7. The molecule has 0 saturated carbocycles. The largest absolute Gasteiger partial charge is 0.503 e. The van der Waals surface area contributed by atoms with Crippen LogP contribution in [0.15, 0.2) is 64.9 Å². The highest BCUT2D eigenvalue weighted by Crippen LogP contribution is 2.18. The van der Waals surface area contributed by atoms with Crippen molar-refractivity contribution in [2.24, 2.45) is 0 Å². The molecule has 0 amide bonds. The average Bonchev–Trinajstić information content (AvgIpc) is 2.48. The molecular formula is C16H14NOS+. The molecule has 2 rings (SSSR count). The van der Waals surface area contributed by atoms with Crippen molar-refractivity contribution in [1.29, 1.82) is 5.26 Å². The van der Waals surface area contributed by atoms with Gasteiger partial charge < -0.3 is 5.11 Å². The summed E-state index contributed by atoms with van der Waals surface area (Å²) >= 11 is 0. The molecule has 1 atom stereocenters. The SMILES string of the molecule is C[S+](/C=C(\O)c1ccc(C#N)cc1)c1ccccc1. The summed E-state index contributed by atoms with van der Waals surface area (Å²) < 4.78 is 0. The Hall–Kier alpha value is -2.18. The third-order valence-corrected chi connectivity index (χ3v) is 4.31. The molecule has 1 unspecified atom stereocenters. The zero-order valence-electron chi connectivity index (χ0n) is 10.6. The molecule has 0 aliphatic heterocycles. The van der Waals surface area contributed by atoms with Gasteiger partial charge in [-0.25, -0.2) is 0 Å². The summed E-state index contributed by atoms with van der Waals surface area (Å²) in [5.41, 5.74) is 1.32. The van der Waals surface area contributed by atoms with E-state index in [1.54, 1.807) is 24.3 Å². The lowest BCUT2D eigenvalue weighted by Gasteiger charge is -2.00. The van der Waals surface area contributed by atoms with Gasteiger partial charge in [0.05, 0.1) is 22.5 Å². The number of aliphatic hydroxyl groups is 1. The molecule has 0 fully saturated rings. The summed E-state index contributed by atoms with van der Waals surface area (Å²) in [7, 11) is -0.148. The lowest BCUT2D eigenvalue weighted by molar-refractivity contribution is 0.513. The molecule has 0 aliphatic rings. The fourth-order valence-corrected chi connectivity index (χ4v) is 2.85. The minimum absolute atomic E-state index is 0.148. The third kappa shape index (κ3) is 3.40. The van der Waals surface area contributed by atoms with Crippen LogP contribution in [-0.2, 0) is 10.9 Å². The molecule has 0 aromatic heterocycles. The Morgan fingerprint density at radius 1 is 1.11 bits per heavy atom. The van der Waals surface area contributed by atoms with Gasteiger partial charge in [-0.3, -0.25) is 0 Å². The second-order valence-electron chi connectivity index (χ2n) is 4.06. The fraction of sp³-hybridized carbons (Fsp3) is 0.0625. The standard InChI is InChI=1S/C16H13NOS/c1-19(15-5-3-2-4-6-15)12-16(18)14-9-7-13(11-17)8-10-14/h2-10,12H,1H3/p+1/b16-12-. The highest BCUT2D eigenvalue weighted by Gasteiger charge is 2.14. The van der Waals surface area contributed by atoms with Crippen LogP contribution in [0.1, 0.15) is 11.1 Å². The van der Waals surface area contributed by atoms with E-state index in [2.05, 4.69) is 12.3 Å². The topological polar surface area (TPSA) is 44.0 Å². The summed E-state index contributed by atoms with van der Waals surface area (Å²) in [6, 6.07) is 19.0. The van der Waals surface area contributed by atoms with Gasteiger partial charge in [0, 0.05) is 5.56 Å². The smallest absolute Gasteiger partial charge is 0.171 e. The second-order valence-corrected chi connectivity index (χ2v) is 5.89. The minimum Gasteiger partial charge on any atom is -0.503 e. The van der Waals surface area contributed by atoms with E-state index >= 15 is 0 Å². The Balaban J connectivity index is 2.20. The highest BCUT2D eigenvalue weighted by molar-refractivity contribution is 7.99. The Bertz CT molecular complexity index is 611. The number of aliphatic hydroxyl groups excluding tert-OH is 1. The first-order chi connectivity index (χ1) is 9.20. The van der Waals surface area contributed by atoms with Crippen LogP contribution in [0.5, 0.6) is 0 Å². The second kappa shape index (κ2) is 6.12. The molecule has 1 N–H and O–H groups in total. The van der Waals surface area contributed by atoms with Crippen molar-refractivity contribution in [2.45, 2.75) is 4.90 Å². The van der Waals surface area contributed by atoms with Crippen LogP contribution >= 0.6 is 0 Å². The van der Waals surface area contributed by atoms with Gasteiger partial charge in [-0.05, 0) is 36.4 Å². The van der Waals surface area contributed by atoms with Crippen LogP contribution in [0.25, 0.3) is 5.76 Å². The number of nitrogens with zero attached hydrogens (tertiary/aromatic N) is 1. The molecule has 0 aliphatic carbocycles. The van der Waals surface area contributed by atoms with Crippen molar-refractivity contribution in [3.63, 3.8) is 0 Å². The highest BCUT2D eigenvalue weighted by atomic mass is 32.2. The molecule has 94 valence electrons. The maximum Gasteiger partial charge on any atom is 0.171 e. The first-order valence-electron chi connectivity index (χ1n) is 5.82. The van der Waals surface area contributed by atoms with Crippen LogP contribution in [0.4, 0.5) is 0 Å². The number of hydrogen-bond donors (Lipinski definition) is 1. The molecule has 0 spiro atoms. The van der Waals surface area contributed by atoms with Gasteiger partial charge >= 0.3 is 0 Å². The quantitative estimate of drug-likeness (QED) is 0.681. The van der Waals surface area contributed by atoms with Crippen LogP contribution in [-0.4, -0.2) is 11.4 Å². The summed E-state index contributed by atoms with van der Waals surface area (Å²) in [6.07, 6.45) is 2.06. The van der Waals surface area contributed by atoms with Gasteiger partial charge in [0.1, 0.15) is 6.26 Å². The van der Waals surface area contributed by atoms with Crippen molar-refractivity contribution in [2.75, 3.05) is 6.26 Å². The molecular weight excluding hydrogens is 254 g/mol. The predicted molar refractivity (Wildman–Crippen MR) is 79.8 cm³/mol.